The van der Waals surface area contributed by atoms with Gasteiger partial charge in [0.2, 0.25) is 0 Å². The highest BCUT2D eigenvalue weighted by Crippen LogP contribution is 2.23. The fourth-order valence-corrected chi connectivity index (χ4v) is 2.54. The number of anilines is 2. The Morgan fingerprint density at radius 3 is 2.80 bits per heavy atom. The minimum Gasteiger partial charge on any atom is -0.399 e. The van der Waals surface area contributed by atoms with Gasteiger partial charge in [0.05, 0.1) is 5.69 Å². The third-order valence-electron chi connectivity index (χ3n) is 3.11. The van der Waals surface area contributed by atoms with Crippen LogP contribution >= 0.6 is 11.5 Å². The van der Waals surface area contributed by atoms with Gasteiger partial charge in [0, 0.05) is 11.4 Å². The molecule has 0 bridgehead atoms. The number of amides is 1. The number of hydrogen-bond acceptors (Lipinski definition) is 5. The number of rotatable bonds is 4. The molecular weight excluding hydrogens is 272 g/mol. The summed E-state index contributed by atoms with van der Waals surface area (Å²) in [5, 5.41) is 6.93. The van der Waals surface area contributed by atoms with E-state index in [9.17, 15) is 4.79 Å². The predicted molar refractivity (Wildman–Crippen MR) is 82.2 cm³/mol. The van der Waals surface area contributed by atoms with Crippen molar-refractivity contribution < 1.29 is 4.79 Å². The Kier molecular flexibility index (Phi) is 4.34. The van der Waals surface area contributed by atoms with Crippen molar-refractivity contribution in [3.63, 3.8) is 0 Å². The molecule has 0 atom stereocenters. The SMILES string of the molecule is CCCc1nnsc1C(=O)Nc1cc(C)c(N)cc1C. The van der Waals surface area contributed by atoms with Crippen LogP contribution < -0.4 is 11.1 Å². The highest BCUT2D eigenvalue weighted by atomic mass is 32.1. The predicted octanol–water partition coefficient (Wildman–Crippen LogP) is 2.94. The van der Waals surface area contributed by atoms with Crippen molar-refractivity contribution in [3.8, 4) is 0 Å². The van der Waals surface area contributed by atoms with Crippen LogP contribution in [0.3, 0.4) is 0 Å². The second kappa shape index (κ2) is 6.00. The summed E-state index contributed by atoms with van der Waals surface area (Å²) in [6.07, 6.45) is 1.70. The van der Waals surface area contributed by atoms with Crippen LogP contribution in [0, 0.1) is 13.8 Å². The van der Waals surface area contributed by atoms with E-state index in [1.165, 1.54) is 0 Å². The molecule has 1 aromatic carbocycles. The first-order valence-corrected chi connectivity index (χ1v) is 7.29. The molecule has 0 spiro atoms. The van der Waals surface area contributed by atoms with Gasteiger partial charge in [0.1, 0.15) is 4.88 Å². The number of aryl methyl sites for hydroxylation is 3. The summed E-state index contributed by atoms with van der Waals surface area (Å²) in [6.45, 7) is 5.89. The summed E-state index contributed by atoms with van der Waals surface area (Å²) in [5.74, 6) is -0.157. The molecule has 0 radical (unpaired) electrons. The van der Waals surface area contributed by atoms with Crippen LogP contribution in [0.4, 0.5) is 11.4 Å². The van der Waals surface area contributed by atoms with Gasteiger partial charge in [-0.2, -0.15) is 0 Å². The average Bonchev–Trinajstić information content (AvgIpc) is 2.84. The zero-order valence-electron chi connectivity index (χ0n) is 11.9. The smallest absolute Gasteiger partial charge is 0.269 e. The lowest BCUT2D eigenvalue weighted by Gasteiger charge is -2.10. The zero-order valence-corrected chi connectivity index (χ0v) is 12.7. The summed E-state index contributed by atoms with van der Waals surface area (Å²) in [5.41, 5.74) is 10.0. The molecule has 2 aromatic rings. The van der Waals surface area contributed by atoms with Crippen molar-refractivity contribution >= 4 is 28.8 Å². The lowest BCUT2D eigenvalue weighted by atomic mass is 10.1. The molecule has 3 N–H and O–H groups in total. The summed E-state index contributed by atoms with van der Waals surface area (Å²) < 4.78 is 3.87. The molecule has 5 nitrogen and oxygen atoms in total. The molecule has 1 heterocycles. The maximum Gasteiger partial charge on any atom is 0.269 e. The molecule has 2 rings (SSSR count). The van der Waals surface area contributed by atoms with Crippen molar-refractivity contribution in [2.75, 3.05) is 11.1 Å². The number of nitrogens with zero attached hydrogens (tertiary/aromatic N) is 2. The normalized spacial score (nSPS) is 10.6. The van der Waals surface area contributed by atoms with E-state index in [0.717, 1.165) is 52.6 Å². The van der Waals surface area contributed by atoms with E-state index in [1.54, 1.807) is 0 Å². The quantitative estimate of drug-likeness (QED) is 0.848. The van der Waals surface area contributed by atoms with Crippen molar-refractivity contribution in [2.24, 2.45) is 0 Å². The second-order valence-electron chi connectivity index (χ2n) is 4.78. The fraction of sp³-hybridized carbons (Fsp3) is 0.357. The highest BCUT2D eigenvalue weighted by molar-refractivity contribution is 7.08. The molecule has 0 aliphatic rings. The first kappa shape index (κ1) is 14.5. The Bertz CT molecular complexity index is 636. The Labute approximate surface area is 122 Å². The van der Waals surface area contributed by atoms with Gasteiger partial charge in [-0.25, -0.2) is 0 Å². The van der Waals surface area contributed by atoms with E-state index >= 15 is 0 Å². The Morgan fingerprint density at radius 2 is 2.10 bits per heavy atom. The van der Waals surface area contributed by atoms with Crippen LogP contribution in [-0.4, -0.2) is 15.5 Å². The van der Waals surface area contributed by atoms with Crippen molar-refractivity contribution in [1.29, 1.82) is 0 Å². The number of carbonyl (C=O) groups is 1. The monoisotopic (exact) mass is 290 g/mol. The second-order valence-corrected chi connectivity index (χ2v) is 5.53. The number of benzene rings is 1. The maximum atomic E-state index is 12.3. The van der Waals surface area contributed by atoms with Crippen LogP contribution in [0.25, 0.3) is 0 Å². The van der Waals surface area contributed by atoms with E-state index in [0.29, 0.717) is 4.88 Å². The molecule has 6 heteroatoms. The van der Waals surface area contributed by atoms with Crippen LogP contribution in [0.1, 0.15) is 39.8 Å². The summed E-state index contributed by atoms with van der Waals surface area (Å²) in [6, 6.07) is 3.75. The number of nitrogens with two attached hydrogens (primary N) is 1. The third-order valence-corrected chi connectivity index (χ3v) is 3.88. The van der Waals surface area contributed by atoms with Crippen LogP contribution in [0.2, 0.25) is 0 Å². The number of nitrogens with one attached hydrogen (secondary N) is 1. The molecule has 0 aliphatic heterocycles. The molecule has 20 heavy (non-hydrogen) atoms. The van der Waals surface area contributed by atoms with E-state index in [-0.39, 0.29) is 5.91 Å². The third kappa shape index (κ3) is 2.96. The van der Waals surface area contributed by atoms with Gasteiger partial charge in [0.15, 0.2) is 0 Å². The fourth-order valence-electron chi connectivity index (χ4n) is 1.93. The maximum absolute atomic E-state index is 12.3. The summed E-state index contributed by atoms with van der Waals surface area (Å²) >= 11 is 1.13. The molecular formula is C14H18N4OS. The molecule has 0 unspecified atom stereocenters. The summed E-state index contributed by atoms with van der Waals surface area (Å²) in [7, 11) is 0. The topological polar surface area (TPSA) is 80.9 Å². The van der Waals surface area contributed by atoms with Crippen LogP contribution in [0.5, 0.6) is 0 Å². The van der Waals surface area contributed by atoms with Gasteiger partial charge >= 0.3 is 0 Å². The zero-order chi connectivity index (χ0) is 14.7. The molecule has 0 fully saturated rings. The van der Waals surface area contributed by atoms with Gasteiger partial charge in [-0.15, -0.1) is 5.10 Å². The van der Waals surface area contributed by atoms with E-state index in [4.69, 9.17) is 5.73 Å². The number of hydrogen-bond donors (Lipinski definition) is 2. The largest absolute Gasteiger partial charge is 0.399 e. The van der Waals surface area contributed by atoms with Crippen molar-refractivity contribution in [1.82, 2.24) is 9.59 Å². The van der Waals surface area contributed by atoms with Crippen molar-refractivity contribution in [3.05, 3.63) is 33.8 Å². The lowest BCUT2D eigenvalue weighted by Crippen LogP contribution is -2.13. The van der Waals surface area contributed by atoms with Gasteiger partial charge in [-0.1, -0.05) is 17.8 Å². The van der Waals surface area contributed by atoms with Gasteiger partial charge < -0.3 is 11.1 Å². The molecule has 0 saturated carbocycles. The van der Waals surface area contributed by atoms with Gasteiger partial charge in [-0.3, -0.25) is 4.79 Å². The molecule has 106 valence electrons. The minimum atomic E-state index is -0.157. The van der Waals surface area contributed by atoms with E-state index in [1.807, 2.05) is 26.0 Å². The molecule has 0 saturated heterocycles. The van der Waals surface area contributed by atoms with Gasteiger partial charge in [0.25, 0.3) is 5.91 Å². The first-order chi connectivity index (χ1) is 9.52. The van der Waals surface area contributed by atoms with Gasteiger partial charge in [-0.05, 0) is 55.1 Å². The van der Waals surface area contributed by atoms with Crippen LogP contribution in [0.15, 0.2) is 12.1 Å². The van der Waals surface area contributed by atoms with Crippen molar-refractivity contribution in [2.45, 2.75) is 33.6 Å². The molecule has 0 aliphatic carbocycles. The number of aromatic nitrogens is 2. The lowest BCUT2D eigenvalue weighted by molar-refractivity contribution is 0.102. The summed E-state index contributed by atoms with van der Waals surface area (Å²) in [4.78, 5) is 12.9. The number of carbonyl (C=O) groups excluding carboxylic acids is 1. The first-order valence-electron chi connectivity index (χ1n) is 6.52. The standard InChI is InChI=1S/C14H18N4OS/c1-4-5-11-13(20-18-17-11)14(19)16-12-7-8(2)10(15)6-9(12)3/h6-7H,4-5,15H2,1-3H3,(H,16,19). The average molecular weight is 290 g/mol. The minimum absolute atomic E-state index is 0.157. The number of nitrogen functional groups attached to an aromatic ring is 1. The van der Waals surface area contributed by atoms with E-state index < -0.39 is 0 Å². The Morgan fingerprint density at radius 1 is 1.35 bits per heavy atom. The van der Waals surface area contributed by atoms with E-state index in [2.05, 4.69) is 21.8 Å². The Hall–Kier alpha value is -1.95. The molecule has 1 amide bonds. The highest BCUT2D eigenvalue weighted by Gasteiger charge is 2.16. The Balaban J connectivity index is 2.23. The van der Waals surface area contributed by atoms with Crippen LogP contribution in [-0.2, 0) is 6.42 Å². The molecule has 1 aromatic heterocycles.